The molecule has 216 valence electrons. The molecule has 8 aromatic rings. The second-order valence-corrected chi connectivity index (χ2v) is 11.8. The lowest BCUT2D eigenvalue weighted by atomic mass is 10.1. The van der Waals surface area contributed by atoms with Crippen molar-refractivity contribution >= 4 is 22.1 Å². The summed E-state index contributed by atoms with van der Waals surface area (Å²) >= 11 is 0. The van der Waals surface area contributed by atoms with E-state index in [0.29, 0.717) is 11.8 Å². The van der Waals surface area contributed by atoms with Crippen LogP contribution in [-0.4, -0.2) is 19.3 Å². The zero-order chi connectivity index (χ0) is 29.7. The molecule has 7 heteroatoms. The SMILES string of the molecule is c1cc2cc(c1)C[n+]1cn(c3ccccc31)Cc1ccc(cc1)-c1nnc(o1)-c1ccc(cc1)Cn1c[n+](c3ccccc31)C2. The van der Waals surface area contributed by atoms with Gasteiger partial charge in [0.25, 0.3) is 0 Å². The van der Waals surface area contributed by atoms with E-state index >= 15 is 0 Å². The second-order valence-electron chi connectivity index (χ2n) is 11.8. The Balaban J connectivity index is 1.17. The van der Waals surface area contributed by atoms with Gasteiger partial charge in [-0.25, -0.2) is 18.3 Å². The maximum Gasteiger partial charge on any atom is 0.248 e. The van der Waals surface area contributed by atoms with Gasteiger partial charge in [0.15, 0.2) is 22.1 Å². The third-order valence-electron chi connectivity index (χ3n) is 8.79. The lowest BCUT2D eigenvalue weighted by molar-refractivity contribution is -0.664. The fraction of sp³-hybridized carbons (Fsp3) is 0.105. The number of fused-ring (bicyclic) bond motifs is 4. The third-order valence-corrected chi connectivity index (χ3v) is 8.79. The van der Waals surface area contributed by atoms with Crippen molar-refractivity contribution in [2.45, 2.75) is 26.2 Å². The molecule has 3 aliphatic rings. The number of hydrogen-bond donors (Lipinski definition) is 0. The summed E-state index contributed by atoms with van der Waals surface area (Å²) in [6.45, 7) is 3.11. The summed E-state index contributed by atoms with van der Waals surface area (Å²) in [7, 11) is 0. The van der Waals surface area contributed by atoms with Crippen LogP contribution in [0, 0.1) is 0 Å². The van der Waals surface area contributed by atoms with Gasteiger partial charge < -0.3 is 4.42 Å². The molecule has 0 unspecified atom stereocenters. The van der Waals surface area contributed by atoms with Crippen LogP contribution in [0.25, 0.3) is 45.0 Å². The van der Waals surface area contributed by atoms with Crippen molar-refractivity contribution < 1.29 is 13.6 Å². The maximum atomic E-state index is 6.12. The predicted octanol–water partition coefficient (Wildman–Crippen LogP) is 6.39. The molecule has 0 saturated heterocycles. The summed E-state index contributed by atoms with van der Waals surface area (Å²) in [6, 6.07) is 43.1. The fourth-order valence-corrected chi connectivity index (χ4v) is 6.56. The summed E-state index contributed by atoms with van der Waals surface area (Å²) in [5.74, 6) is 1.04. The fourth-order valence-electron chi connectivity index (χ4n) is 6.56. The Labute approximate surface area is 259 Å². The van der Waals surface area contributed by atoms with Crippen LogP contribution in [0.4, 0.5) is 0 Å². The first-order valence-corrected chi connectivity index (χ1v) is 15.3. The van der Waals surface area contributed by atoms with Crippen molar-refractivity contribution in [3.63, 3.8) is 0 Å². The maximum absolute atomic E-state index is 6.12. The number of benzene rings is 5. The lowest BCUT2D eigenvalue weighted by Crippen LogP contribution is -2.34. The quantitative estimate of drug-likeness (QED) is 0.194. The van der Waals surface area contributed by atoms with E-state index in [9.17, 15) is 0 Å². The van der Waals surface area contributed by atoms with Gasteiger partial charge in [-0.15, -0.1) is 10.2 Å². The van der Waals surface area contributed by atoms with Crippen LogP contribution in [0.15, 0.2) is 138 Å². The van der Waals surface area contributed by atoms with Crippen LogP contribution in [0.2, 0.25) is 0 Å². The van der Waals surface area contributed by atoms with Crippen molar-refractivity contribution in [2.24, 2.45) is 0 Å². The van der Waals surface area contributed by atoms with Crippen LogP contribution in [0.5, 0.6) is 0 Å². The number of imidazole rings is 2. The molecule has 3 aromatic heterocycles. The summed E-state index contributed by atoms with van der Waals surface area (Å²) in [6.07, 6.45) is 4.47. The highest BCUT2D eigenvalue weighted by atomic mass is 16.4. The molecule has 7 nitrogen and oxygen atoms in total. The predicted molar refractivity (Wildman–Crippen MR) is 172 cm³/mol. The molecule has 6 heterocycles. The van der Waals surface area contributed by atoms with E-state index in [2.05, 4.69) is 162 Å². The summed E-state index contributed by atoms with van der Waals surface area (Å²) in [4.78, 5) is 0. The minimum Gasteiger partial charge on any atom is -0.416 e. The van der Waals surface area contributed by atoms with Gasteiger partial charge in [0, 0.05) is 11.1 Å². The second kappa shape index (κ2) is 10.4. The molecule has 11 rings (SSSR count). The van der Waals surface area contributed by atoms with E-state index < -0.39 is 0 Å². The molecule has 0 radical (unpaired) electrons. The Morgan fingerprint density at radius 3 is 1.44 bits per heavy atom. The Morgan fingerprint density at radius 2 is 0.956 bits per heavy atom. The number of aromatic nitrogens is 6. The highest BCUT2D eigenvalue weighted by molar-refractivity contribution is 5.72. The normalized spacial score (nSPS) is 13.0. The van der Waals surface area contributed by atoms with E-state index in [1.807, 2.05) is 0 Å². The summed E-state index contributed by atoms with van der Waals surface area (Å²) in [5.41, 5.74) is 11.6. The molecular weight excluding hydrogens is 556 g/mol. The van der Waals surface area contributed by atoms with Gasteiger partial charge in [0.1, 0.15) is 26.2 Å². The van der Waals surface area contributed by atoms with Gasteiger partial charge >= 0.3 is 0 Å². The van der Waals surface area contributed by atoms with Crippen molar-refractivity contribution in [2.75, 3.05) is 0 Å². The minimum atomic E-state index is 0.518. The molecule has 0 amide bonds. The molecular formula is C38H30N6O+2. The smallest absolute Gasteiger partial charge is 0.248 e. The average Bonchev–Trinajstić information content (AvgIpc) is 3.79. The number of rotatable bonds is 0. The first-order valence-electron chi connectivity index (χ1n) is 15.3. The topological polar surface area (TPSA) is 56.5 Å². The first kappa shape index (κ1) is 25.7. The van der Waals surface area contributed by atoms with Crippen molar-refractivity contribution in [1.29, 1.82) is 0 Å². The van der Waals surface area contributed by atoms with Gasteiger partial charge in [-0.1, -0.05) is 66.7 Å². The third kappa shape index (κ3) is 4.69. The van der Waals surface area contributed by atoms with Gasteiger partial charge in [0.2, 0.25) is 24.4 Å². The monoisotopic (exact) mass is 586 g/mol. The van der Waals surface area contributed by atoms with E-state index in [-0.39, 0.29) is 0 Å². The van der Waals surface area contributed by atoms with Gasteiger partial charge in [0.05, 0.1) is 0 Å². The van der Waals surface area contributed by atoms with Crippen molar-refractivity contribution in [3.05, 3.63) is 156 Å². The molecule has 0 spiro atoms. The van der Waals surface area contributed by atoms with Crippen molar-refractivity contribution in [1.82, 2.24) is 19.3 Å². The van der Waals surface area contributed by atoms with Crippen LogP contribution in [0.1, 0.15) is 22.3 Å². The molecule has 12 bridgehead atoms. The zero-order valence-electron chi connectivity index (χ0n) is 24.6. The molecule has 0 atom stereocenters. The molecule has 0 aliphatic carbocycles. The molecule has 0 saturated carbocycles. The Morgan fingerprint density at radius 1 is 0.489 bits per heavy atom. The van der Waals surface area contributed by atoms with E-state index in [1.165, 1.54) is 44.3 Å². The summed E-state index contributed by atoms with van der Waals surface area (Å²) < 4.78 is 15.5. The van der Waals surface area contributed by atoms with Crippen LogP contribution >= 0.6 is 0 Å². The lowest BCUT2D eigenvalue weighted by Gasteiger charge is -2.04. The van der Waals surface area contributed by atoms with Crippen LogP contribution in [0.3, 0.4) is 0 Å². The van der Waals surface area contributed by atoms with Crippen molar-refractivity contribution in [3.8, 4) is 22.9 Å². The molecule has 45 heavy (non-hydrogen) atoms. The van der Waals surface area contributed by atoms with E-state index in [1.54, 1.807) is 0 Å². The molecule has 0 N–H and O–H groups in total. The number of para-hydroxylation sites is 4. The number of nitrogens with zero attached hydrogens (tertiary/aromatic N) is 6. The molecule has 3 aliphatic heterocycles. The molecule has 0 fully saturated rings. The highest BCUT2D eigenvalue weighted by Gasteiger charge is 2.19. The van der Waals surface area contributed by atoms with Gasteiger partial charge in [-0.2, -0.15) is 0 Å². The number of hydrogen-bond acceptors (Lipinski definition) is 3. The first-order chi connectivity index (χ1) is 22.2. The molecule has 5 aromatic carbocycles. The van der Waals surface area contributed by atoms with Crippen LogP contribution < -0.4 is 9.13 Å². The van der Waals surface area contributed by atoms with Gasteiger partial charge in [-0.3, -0.25) is 0 Å². The van der Waals surface area contributed by atoms with Gasteiger partial charge in [-0.05, 0) is 76.9 Å². The minimum absolute atomic E-state index is 0.518. The largest absolute Gasteiger partial charge is 0.416 e. The standard InChI is InChI=1S/C38H30N6O/c1-3-10-35-33(8-1)41-21-27-12-16-31(17-13-27)37-39-40-38(45-37)32-18-14-28(15-19-32)22-42-26-44(36-11-4-2-9-34(36)42)24-30-7-5-6-29(20-30)23-43(35)25-41/h1-20,25-26H,21-24H2/q+2. The Hall–Kier alpha value is -5.82. The van der Waals surface area contributed by atoms with E-state index in [4.69, 9.17) is 4.42 Å². The summed E-state index contributed by atoms with van der Waals surface area (Å²) in [5, 5.41) is 8.73. The highest BCUT2D eigenvalue weighted by Crippen LogP contribution is 2.26. The van der Waals surface area contributed by atoms with Crippen LogP contribution in [-0.2, 0) is 26.2 Å². The Bertz CT molecular complexity index is 2170. The van der Waals surface area contributed by atoms with E-state index in [0.717, 1.165) is 37.3 Å². The Kier molecular flexibility index (Phi) is 5.94. The zero-order valence-corrected chi connectivity index (χ0v) is 24.6. The average molecular weight is 587 g/mol.